The van der Waals surface area contributed by atoms with Crippen LogP contribution in [0, 0.1) is 0 Å². The summed E-state index contributed by atoms with van der Waals surface area (Å²) in [6, 6.07) is 8.34. The van der Waals surface area contributed by atoms with Crippen molar-refractivity contribution in [1.82, 2.24) is 0 Å². The summed E-state index contributed by atoms with van der Waals surface area (Å²) in [5.74, 6) is 1.46. The van der Waals surface area contributed by atoms with Crippen LogP contribution in [0.2, 0.25) is 0 Å². The van der Waals surface area contributed by atoms with Gasteiger partial charge >= 0.3 is 0 Å². The molecule has 2 atom stereocenters. The maximum atomic E-state index is 5.89. The first-order valence-electron chi connectivity index (χ1n) is 7.58. The smallest absolute Gasteiger partial charge is 0.199 e. The van der Waals surface area contributed by atoms with Crippen molar-refractivity contribution in [3.63, 3.8) is 0 Å². The van der Waals surface area contributed by atoms with Crippen LogP contribution >= 0.6 is 0 Å². The molecule has 0 fully saturated rings. The monoisotopic (exact) mass is 280 g/mol. The number of hydrogen-bond donors (Lipinski definition) is 0. The molecule has 1 aromatic rings. The Morgan fingerprint density at radius 3 is 2.30 bits per heavy atom. The van der Waals surface area contributed by atoms with Crippen LogP contribution in [0.25, 0.3) is 0 Å². The van der Waals surface area contributed by atoms with E-state index in [1.807, 2.05) is 12.1 Å². The number of hydrogen-bond acceptors (Lipinski definition) is 3. The van der Waals surface area contributed by atoms with Gasteiger partial charge in [-0.15, -0.1) is 0 Å². The third-order valence-electron chi connectivity index (χ3n) is 3.44. The van der Waals surface area contributed by atoms with Crippen LogP contribution in [-0.4, -0.2) is 26.6 Å². The van der Waals surface area contributed by atoms with Gasteiger partial charge in [0, 0.05) is 13.5 Å². The molecule has 1 aromatic carbocycles. The Hall–Kier alpha value is -1.06. The zero-order chi connectivity index (χ0) is 14.8. The lowest BCUT2D eigenvalue weighted by Crippen LogP contribution is -2.22. The Balaban J connectivity index is 2.54. The highest BCUT2D eigenvalue weighted by Crippen LogP contribution is 2.22. The summed E-state index contributed by atoms with van der Waals surface area (Å²) in [6.07, 6.45) is 2.88. The molecule has 1 rings (SSSR count). The molecule has 114 valence electrons. The molecule has 0 saturated carbocycles. The molecule has 0 aromatic heterocycles. The van der Waals surface area contributed by atoms with Crippen molar-refractivity contribution >= 4 is 0 Å². The van der Waals surface area contributed by atoms with Crippen molar-refractivity contribution < 1.29 is 14.2 Å². The second kappa shape index (κ2) is 9.78. The first-order valence-corrected chi connectivity index (χ1v) is 7.58. The van der Waals surface area contributed by atoms with E-state index in [1.54, 1.807) is 7.11 Å². The lowest BCUT2D eigenvalue weighted by molar-refractivity contribution is -0.0959. The zero-order valence-corrected chi connectivity index (χ0v) is 13.2. The molecule has 2 unspecified atom stereocenters. The Bertz CT molecular complexity index is 348. The van der Waals surface area contributed by atoms with Gasteiger partial charge in [0.15, 0.2) is 6.29 Å². The standard InChI is InChI=1S/C17H28O3/c1-5-7-17(19-13-12-18-4)20-16-10-8-15(9-11-16)14(3)6-2/h8-11,14,17H,5-7,12-13H2,1-4H3. The molecule has 0 amide bonds. The SMILES string of the molecule is CCCC(OCCOC)Oc1ccc(C(C)CC)cc1. The molecular formula is C17H28O3. The molecule has 0 aliphatic rings. The molecule has 0 saturated heterocycles. The van der Waals surface area contributed by atoms with Crippen LogP contribution in [0.1, 0.15) is 51.5 Å². The lowest BCUT2D eigenvalue weighted by atomic mass is 9.99. The van der Waals surface area contributed by atoms with E-state index in [0.717, 1.165) is 25.0 Å². The van der Waals surface area contributed by atoms with E-state index in [9.17, 15) is 0 Å². The van der Waals surface area contributed by atoms with Crippen molar-refractivity contribution in [2.24, 2.45) is 0 Å². The predicted molar refractivity (Wildman–Crippen MR) is 82.3 cm³/mol. The van der Waals surface area contributed by atoms with E-state index < -0.39 is 0 Å². The molecule has 3 heteroatoms. The fraction of sp³-hybridized carbons (Fsp3) is 0.647. The molecule has 0 spiro atoms. The number of ether oxygens (including phenoxy) is 3. The minimum atomic E-state index is -0.190. The van der Waals surface area contributed by atoms with Crippen LogP contribution < -0.4 is 4.74 Å². The average molecular weight is 280 g/mol. The van der Waals surface area contributed by atoms with Crippen molar-refractivity contribution in [2.75, 3.05) is 20.3 Å². The summed E-state index contributed by atoms with van der Waals surface area (Å²) < 4.78 is 16.6. The minimum Gasteiger partial charge on any atom is -0.465 e. The minimum absolute atomic E-state index is 0.190. The van der Waals surface area contributed by atoms with Gasteiger partial charge in [-0.1, -0.05) is 39.3 Å². The van der Waals surface area contributed by atoms with Gasteiger partial charge in [0.25, 0.3) is 0 Å². The van der Waals surface area contributed by atoms with Gasteiger partial charge in [-0.05, 0) is 30.0 Å². The van der Waals surface area contributed by atoms with Crippen LogP contribution in [0.5, 0.6) is 5.75 Å². The van der Waals surface area contributed by atoms with E-state index in [2.05, 4.69) is 32.9 Å². The topological polar surface area (TPSA) is 27.7 Å². The van der Waals surface area contributed by atoms with Gasteiger partial charge in [0.2, 0.25) is 0 Å². The summed E-state index contributed by atoms with van der Waals surface area (Å²) in [6.45, 7) is 7.73. The van der Waals surface area contributed by atoms with Crippen molar-refractivity contribution in [3.05, 3.63) is 29.8 Å². The quantitative estimate of drug-likeness (QED) is 0.470. The Kier molecular flexibility index (Phi) is 8.31. The highest BCUT2D eigenvalue weighted by Gasteiger charge is 2.10. The van der Waals surface area contributed by atoms with Crippen molar-refractivity contribution in [1.29, 1.82) is 0 Å². The molecule has 20 heavy (non-hydrogen) atoms. The van der Waals surface area contributed by atoms with Gasteiger partial charge < -0.3 is 14.2 Å². The van der Waals surface area contributed by atoms with Gasteiger partial charge in [-0.25, -0.2) is 0 Å². The molecule has 3 nitrogen and oxygen atoms in total. The number of methoxy groups -OCH3 is 1. The summed E-state index contributed by atoms with van der Waals surface area (Å²) in [5.41, 5.74) is 1.35. The van der Waals surface area contributed by atoms with E-state index >= 15 is 0 Å². The highest BCUT2D eigenvalue weighted by molar-refractivity contribution is 5.29. The summed E-state index contributed by atoms with van der Waals surface area (Å²) in [4.78, 5) is 0. The van der Waals surface area contributed by atoms with E-state index in [-0.39, 0.29) is 6.29 Å². The zero-order valence-electron chi connectivity index (χ0n) is 13.2. The van der Waals surface area contributed by atoms with Crippen LogP contribution in [0.3, 0.4) is 0 Å². The third kappa shape index (κ3) is 5.93. The molecular weight excluding hydrogens is 252 g/mol. The first-order chi connectivity index (χ1) is 9.71. The van der Waals surface area contributed by atoms with Crippen molar-refractivity contribution in [3.8, 4) is 5.75 Å². The highest BCUT2D eigenvalue weighted by atomic mass is 16.7. The van der Waals surface area contributed by atoms with E-state index in [0.29, 0.717) is 19.1 Å². The second-order valence-corrected chi connectivity index (χ2v) is 5.08. The van der Waals surface area contributed by atoms with Crippen LogP contribution in [-0.2, 0) is 9.47 Å². The largest absolute Gasteiger partial charge is 0.465 e. The Morgan fingerprint density at radius 1 is 1.05 bits per heavy atom. The lowest BCUT2D eigenvalue weighted by Gasteiger charge is -2.19. The number of rotatable bonds is 10. The van der Waals surface area contributed by atoms with Gasteiger partial charge in [0.05, 0.1) is 13.2 Å². The fourth-order valence-corrected chi connectivity index (χ4v) is 1.94. The average Bonchev–Trinajstić information content (AvgIpc) is 2.47. The first kappa shape index (κ1) is 17.0. The van der Waals surface area contributed by atoms with E-state index in [1.165, 1.54) is 5.56 Å². The Labute approximate surface area is 123 Å². The van der Waals surface area contributed by atoms with Gasteiger partial charge in [0.1, 0.15) is 5.75 Å². The summed E-state index contributed by atoms with van der Waals surface area (Å²) in [5, 5.41) is 0. The maximum absolute atomic E-state index is 5.89. The normalized spacial score (nSPS) is 14.0. The molecule has 0 radical (unpaired) electrons. The van der Waals surface area contributed by atoms with Crippen molar-refractivity contribution in [2.45, 2.75) is 52.2 Å². The van der Waals surface area contributed by atoms with E-state index in [4.69, 9.17) is 14.2 Å². The molecule has 0 aliphatic heterocycles. The molecule has 0 heterocycles. The summed E-state index contributed by atoms with van der Waals surface area (Å²) >= 11 is 0. The fourth-order valence-electron chi connectivity index (χ4n) is 1.94. The third-order valence-corrected chi connectivity index (χ3v) is 3.44. The van der Waals surface area contributed by atoms with Gasteiger partial charge in [-0.2, -0.15) is 0 Å². The summed E-state index contributed by atoms with van der Waals surface area (Å²) in [7, 11) is 1.67. The number of benzene rings is 1. The molecule has 0 bridgehead atoms. The van der Waals surface area contributed by atoms with Gasteiger partial charge in [-0.3, -0.25) is 0 Å². The second-order valence-electron chi connectivity index (χ2n) is 5.08. The maximum Gasteiger partial charge on any atom is 0.199 e. The Morgan fingerprint density at radius 2 is 1.75 bits per heavy atom. The molecule has 0 N–H and O–H groups in total. The predicted octanol–water partition coefficient (Wildman–Crippen LogP) is 4.37. The van der Waals surface area contributed by atoms with Crippen LogP contribution in [0.4, 0.5) is 0 Å². The van der Waals surface area contributed by atoms with Crippen LogP contribution in [0.15, 0.2) is 24.3 Å². The molecule has 0 aliphatic carbocycles.